The first-order valence-electron chi connectivity index (χ1n) is 8.67. The summed E-state index contributed by atoms with van der Waals surface area (Å²) in [5.41, 5.74) is 2.90. The molecule has 0 bridgehead atoms. The monoisotopic (exact) mass is 365 g/mol. The first-order chi connectivity index (χ1) is 13.1. The van der Waals surface area contributed by atoms with E-state index in [-0.39, 0.29) is 25.1 Å². The second-order valence-electron chi connectivity index (χ2n) is 6.38. The van der Waals surface area contributed by atoms with E-state index in [2.05, 4.69) is 30.3 Å². The van der Waals surface area contributed by atoms with Crippen molar-refractivity contribution in [2.24, 2.45) is 9.98 Å². The van der Waals surface area contributed by atoms with E-state index >= 15 is 0 Å². The van der Waals surface area contributed by atoms with Gasteiger partial charge in [-0.3, -0.25) is 14.7 Å². The molecule has 2 N–H and O–H groups in total. The van der Waals surface area contributed by atoms with Gasteiger partial charge in [0.15, 0.2) is 17.5 Å². The van der Waals surface area contributed by atoms with Crippen LogP contribution in [0.1, 0.15) is 18.3 Å². The predicted octanol–water partition coefficient (Wildman–Crippen LogP) is 0.817. The number of aliphatic imine (C=N–C) groups is 2. The third-order valence-corrected chi connectivity index (χ3v) is 4.49. The van der Waals surface area contributed by atoms with Gasteiger partial charge in [-0.25, -0.2) is 19.9 Å². The quantitative estimate of drug-likeness (QED) is 0.829. The fourth-order valence-corrected chi connectivity index (χ4v) is 3.10. The topological polar surface area (TPSA) is 116 Å². The molecule has 1 atom stereocenters. The van der Waals surface area contributed by atoms with Gasteiger partial charge < -0.3 is 10.4 Å². The Morgan fingerprint density at radius 2 is 2.15 bits per heavy atom. The number of amides is 1. The molecule has 1 amide bonds. The lowest BCUT2D eigenvalue weighted by Crippen LogP contribution is -2.47. The Balaban J connectivity index is 1.74. The molecule has 0 saturated carbocycles. The lowest BCUT2D eigenvalue weighted by Gasteiger charge is -2.32. The number of carbonyl (C=O) groups excluding carboxylic acids is 1. The molecule has 9 nitrogen and oxygen atoms in total. The standard InChI is InChI=1S/C18H19N7O2/c1-10(9-26)25-15(27)8-22-17-18(25)24-14(7-21-17)12-3-4-13(23-11(12)2)16-19-5-6-20-16/h3-5,7,10,26H,6,8-9H2,1-2H3,(H,21,22). The Morgan fingerprint density at radius 3 is 2.85 bits per heavy atom. The molecule has 0 saturated heterocycles. The maximum absolute atomic E-state index is 12.3. The summed E-state index contributed by atoms with van der Waals surface area (Å²) < 4.78 is 0. The minimum absolute atomic E-state index is 0.128. The minimum atomic E-state index is -0.386. The average Bonchev–Trinajstić information content (AvgIpc) is 3.21. The summed E-state index contributed by atoms with van der Waals surface area (Å²) in [6.45, 7) is 4.20. The molecule has 2 aromatic rings. The van der Waals surface area contributed by atoms with Crippen molar-refractivity contribution in [3.63, 3.8) is 0 Å². The molecule has 1 unspecified atom stereocenters. The summed E-state index contributed by atoms with van der Waals surface area (Å²) in [5.74, 6) is 1.41. The first-order valence-corrected chi connectivity index (χ1v) is 8.67. The number of nitrogens with zero attached hydrogens (tertiary/aromatic N) is 6. The summed E-state index contributed by atoms with van der Waals surface area (Å²) >= 11 is 0. The van der Waals surface area contributed by atoms with Crippen LogP contribution in [0.5, 0.6) is 0 Å². The Morgan fingerprint density at radius 1 is 1.30 bits per heavy atom. The van der Waals surface area contributed by atoms with Gasteiger partial charge >= 0.3 is 0 Å². The maximum atomic E-state index is 12.3. The van der Waals surface area contributed by atoms with Crippen LogP contribution >= 0.6 is 0 Å². The van der Waals surface area contributed by atoms with Gasteiger partial charge in [0.2, 0.25) is 5.91 Å². The first kappa shape index (κ1) is 17.2. The van der Waals surface area contributed by atoms with E-state index in [0.717, 1.165) is 11.3 Å². The van der Waals surface area contributed by atoms with Gasteiger partial charge in [-0.2, -0.15) is 0 Å². The van der Waals surface area contributed by atoms with Crippen molar-refractivity contribution in [3.05, 3.63) is 29.7 Å². The third-order valence-electron chi connectivity index (χ3n) is 4.49. The molecule has 0 aliphatic carbocycles. The number of carbonyl (C=O) groups is 1. The molecule has 9 heteroatoms. The van der Waals surface area contributed by atoms with Crippen molar-refractivity contribution in [2.75, 3.05) is 29.9 Å². The zero-order chi connectivity index (χ0) is 19.0. The van der Waals surface area contributed by atoms with E-state index in [0.29, 0.717) is 35.4 Å². The van der Waals surface area contributed by atoms with Crippen molar-refractivity contribution in [2.45, 2.75) is 19.9 Å². The van der Waals surface area contributed by atoms with E-state index in [9.17, 15) is 9.90 Å². The minimum Gasteiger partial charge on any atom is -0.394 e. The third kappa shape index (κ3) is 3.06. The Bertz CT molecular complexity index is 970. The zero-order valence-electron chi connectivity index (χ0n) is 15.0. The second kappa shape index (κ2) is 6.84. The largest absolute Gasteiger partial charge is 0.394 e. The van der Waals surface area contributed by atoms with Crippen molar-refractivity contribution in [1.82, 2.24) is 15.0 Å². The molecule has 27 heavy (non-hydrogen) atoms. The summed E-state index contributed by atoms with van der Waals surface area (Å²) in [6, 6.07) is 3.37. The smallest absolute Gasteiger partial charge is 0.247 e. The van der Waals surface area contributed by atoms with E-state index in [1.165, 1.54) is 4.90 Å². The number of fused-ring (bicyclic) bond motifs is 1. The van der Waals surface area contributed by atoms with Crippen molar-refractivity contribution < 1.29 is 9.90 Å². The highest BCUT2D eigenvalue weighted by molar-refractivity contribution is 6.05. The predicted molar refractivity (Wildman–Crippen MR) is 102 cm³/mol. The van der Waals surface area contributed by atoms with Gasteiger partial charge in [0.05, 0.1) is 37.6 Å². The average molecular weight is 365 g/mol. The van der Waals surface area contributed by atoms with Crippen molar-refractivity contribution in [3.8, 4) is 11.3 Å². The highest BCUT2D eigenvalue weighted by Crippen LogP contribution is 2.30. The number of nitrogens with one attached hydrogen (secondary N) is 1. The molecule has 0 radical (unpaired) electrons. The van der Waals surface area contributed by atoms with Gasteiger partial charge in [0, 0.05) is 17.5 Å². The highest BCUT2D eigenvalue weighted by Gasteiger charge is 2.30. The van der Waals surface area contributed by atoms with Gasteiger partial charge in [-0.1, -0.05) is 0 Å². The number of aliphatic hydroxyl groups excluding tert-OH is 1. The lowest BCUT2D eigenvalue weighted by molar-refractivity contribution is -0.117. The number of amidine groups is 1. The van der Waals surface area contributed by atoms with Gasteiger partial charge in [-0.15, -0.1) is 0 Å². The molecule has 0 spiro atoms. The van der Waals surface area contributed by atoms with Crippen LogP contribution in [0.4, 0.5) is 11.6 Å². The molecule has 2 aliphatic rings. The summed E-state index contributed by atoms with van der Waals surface area (Å²) in [5, 5.41) is 12.5. The second-order valence-corrected chi connectivity index (χ2v) is 6.38. The van der Waals surface area contributed by atoms with Crippen LogP contribution in [0, 0.1) is 6.92 Å². The summed E-state index contributed by atoms with van der Waals surface area (Å²) in [6.07, 6.45) is 3.40. The molecule has 4 heterocycles. The highest BCUT2D eigenvalue weighted by atomic mass is 16.3. The zero-order valence-corrected chi connectivity index (χ0v) is 15.0. The van der Waals surface area contributed by atoms with E-state index in [1.807, 2.05) is 19.1 Å². The number of pyridine rings is 1. The molecule has 138 valence electrons. The summed E-state index contributed by atoms with van der Waals surface area (Å²) in [7, 11) is 0. The fraction of sp³-hybridized carbons (Fsp3) is 0.333. The van der Waals surface area contributed by atoms with Crippen LogP contribution in [0.15, 0.2) is 28.3 Å². The molecule has 0 fully saturated rings. The van der Waals surface area contributed by atoms with Gasteiger partial charge in [-0.05, 0) is 26.0 Å². The van der Waals surface area contributed by atoms with E-state index < -0.39 is 0 Å². The molecular formula is C18H19N7O2. The molecule has 4 rings (SSSR count). The van der Waals surface area contributed by atoms with Crippen LogP contribution in [0.2, 0.25) is 0 Å². The Hall–Kier alpha value is -3.20. The molecule has 0 aromatic carbocycles. The maximum Gasteiger partial charge on any atom is 0.247 e. The normalized spacial score (nSPS) is 16.8. The Kier molecular flexibility index (Phi) is 4.36. The fourth-order valence-electron chi connectivity index (χ4n) is 3.10. The number of aliphatic hydroxyl groups is 1. The van der Waals surface area contributed by atoms with Gasteiger partial charge in [0.1, 0.15) is 5.69 Å². The molecule has 2 aromatic heterocycles. The van der Waals surface area contributed by atoms with Crippen molar-refractivity contribution in [1.29, 1.82) is 0 Å². The number of hydrogen-bond acceptors (Lipinski definition) is 8. The van der Waals surface area contributed by atoms with Crippen LogP contribution < -0.4 is 10.2 Å². The van der Waals surface area contributed by atoms with Crippen LogP contribution in [-0.4, -0.2) is 63.8 Å². The number of anilines is 2. The van der Waals surface area contributed by atoms with Gasteiger partial charge in [0.25, 0.3) is 0 Å². The number of hydrogen-bond donors (Lipinski definition) is 2. The van der Waals surface area contributed by atoms with Crippen LogP contribution in [0.3, 0.4) is 0 Å². The van der Waals surface area contributed by atoms with E-state index in [4.69, 9.17) is 0 Å². The SMILES string of the molecule is Cc1nc(C2=NCC=N2)ccc1-c1cnc2c(n1)N(C(C)CO)C(=O)CN2. The van der Waals surface area contributed by atoms with E-state index in [1.54, 1.807) is 19.3 Å². The molecular weight excluding hydrogens is 346 g/mol. The number of aromatic nitrogens is 3. The number of rotatable bonds is 4. The Labute approximate surface area is 155 Å². The molecule has 2 aliphatic heterocycles. The van der Waals surface area contributed by atoms with Crippen LogP contribution in [0.25, 0.3) is 11.3 Å². The van der Waals surface area contributed by atoms with Crippen LogP contribution in [-0.2, 0) is 4.79 Å². The number of aryl methyl sites for hydroxylation is 1. The lowest BCUT2D eigenvalue weighted by atomic mass is 10.1. The summed E-state index contributed by atoms with van der Waals surface area (Å²) in [4.78, 5) is 35.9. The van der Waals surface area contributed by atoms with Crippen molar-refractivity contribution >= 4 is 29.6 Å².